The Morgan fingerprint density at radius 3 is 2.19 bits per heavy atom. The summed E-state index contributed by atoms with van der Waals surface area (Å²) in [6.07, 6.45) is 6.35. The molecular formula is C19H17N5O2. The standard InChI is InChI=1S/C19H17N5O2/c1-13(25)15-2-4-17(5-3-15)24-18(26)16-11-22-19(23-12-16)21-10-14-6-8-20-9-7-14/h2-9,11-12H,10H2,1H3,(H,24,26)(H,21,22,23). The van der Waals surface area contributed by atoms with Gasteiger partial charge in [0.05, 0.1) is 5.56 Å². The number of anilines is 2. The first-order chi connectivity index (χ1) is 12.6. The van der Waals surface area contributed by atoms with Crippen LogP contribution >= 0.6 is 0 Å². The van der Waals surface area contributed by atoms with Crippen LogP contribution in [0.15, 0.2) is 61.2 Å². The molecule has 3 aromatic rings. The van der Waals surface area contributed by atoms with E-state index in [1.54, 1.807) is 36.7 Å². The van der Waals surface area contributed by atoms with Crippen LogP contribution in [-0.4, -0.2) is 26.6 Å². The molecule has 26 heavy (non-hydrogen) atoms. The Bertz CT molecular complexity index is 893. The number of Topliss-reactive ketones (excluding diaryl/α,β-unsaturated/α-hetero) is 1. The van der Waals surface area contributed by atoms with E-state index in [1.807, 2.05) is 12.1 Å². The highest BCUT2D eigenvalue weighted by atomic mass is 16.1. The number of hydrogen-bond donors (Lipinski definition) is 2. The minimum atomic E-state index is -0.318. The van der Waals surface area contributed by atoms with Crippen LogP contribution in [0.4, 0.5) is 11.6 Å². The molecule has 0 aliphatic rings. The predicted octanol–water partition coefficient (Wildman–Crippen LogP) is 2.94. The van der Waals surface area contributed by atoms with Crippen molar-refractivity contribution in [1.29, 1.82) is 0 Å². The van der Waals surface area contributed by atoms with Crippen molar-refractivity contribution in [3.05, 3.63) is 77.9 Å². The second kappa shape index (κ2) is 7.98. The lowest BCUT2D eigenvalue weighted by Gasteiger charge is -2.07. The van der Waals surface area contributed by atoms with Crippen molar-refractivity contribution < 1.29 is 9.59 Å². The average Bonchev–Trinajstić information content (AvgIpc) is 2.68. The van der Waals surface area contributed by atoms with Crippen LogP contribution < -0.4 is 10.6 Å². The summed E-state index contributed by atoms with van der Waals surface area (Å²) in [4.78, 5) is 35.8. The summed E-state index contributed by atoms with van der Waals surface area (Å²) < 4.78 is 0. The van der Waals surface area contributed by atoms with E-state index in [-0.39, 0.29) is 11.7 Å². The van der Waals surface area contributed by atoms with Gasteiger partial charge in [-0.05, 0) is 48.9 Å². The molecule has 0 bridgehead atoms. The molecule has 2 aromatic heterocycles. The number of hydrogen-bond acceptors (Lipinski definition) is 6. The second-order valence-corrected chi connectivity index (χ2v) is 5.59. The quantitative estimate of drug-likeness (QED) is 0.666. The van der Waals surface area contributed by atoms with Gasteiger partial charge in [0.1, 0.15) is 0 Å². The maximum atomic E-state index is 12.2. The van der Waals surface area contributed by atoms with Crippen molar-refractivity contribution in [1.82, 2.24) is 15.0 Å². The van der Waals surface area contributed by atoms with Crippen molar-refractivity contribution in [3.63, 3.8) is 0 Å². The van der Waals surface area contributed by atoms with E-state index in [0.29, 0.717) is 29.3 Å². The number of aromatic nitrogens is 3. The van der Waals surface area contributed by atoms with E-state index in [9.17, 15) is 9.59 Å². The van der Waals surface area contributed by atoms with Gasteiger partial charge >= 0.3 is 0 Å². The van der Waals surface area contributed by atoms with E-state index in [2.05, 4.69) is 25.6 Å². The number of carbonyl (C=O) groups is 2. The molecule has 1 aromatic carbocycles. The van der Waals surface area contributed by atoms with Crippen LogP contribution in [0.1, 0.15) is 33.2 Å². The molecule has 130 valence electrons. The summed E-state index contributed by atoms with van der Waals surface area (Å²) in [6, 6.07) is 10.5. The fourth-order valence-corrected chi connectivity index (χ4v) is 2.21. The molecule has 3 rings (SSSR count). The van der Waals surface area contributed by atoms with Crippen molar-refractivity contribution >= 4 is 23.3 Å². The molecule has 0 saturated heterocycles. The van der Waals surface area contributed by atoms with Gasteiger partial charge in [-0.25, -0.2) is 9.97 Å². The van der Waals surface area contributed by atoms with E-state index < -0.39 is 0 Å². The van der Waals surface area contributed by atoms with Crippen molar-refractivity contribution in [2.75, 3.05) is 10.6 Å². The van der Waals surface area contributed by atoms with Gasteiger partial charge in [0.25, 0.3) is 5.91 Å². The van der Waals surface area contributed by atoms with Gasteiger partial charge in [0, 0.05) is 42.6 Å². The minimum Gasteiger partial charge on any atom is -0.350 e. The Hall–Kier alpha value is -3.61. The molecule has 2 N–H and O–H groups in total. The normalized spacial score (nSPS) is 10.2. The zero-order chi connectivity index (χ0) is 18.4. The van der Waals surface area contributed by atoms with Crippen LogP contribution in [0, 0.1) is 0 Å². The second-order valence-electron chi connectivity index (χ2n) is 5.59. The highest BCUT2D eigenvalue weighted by molar-refractivity contribution is 6.04. The lowest BCUT2D eigenvalue weighted by Crippen LogP contribution is -2.13. The first-order valence-corrected chi connectivity index (χ1v) is 7.99. The summed E-state index contributed by atoms with van der Waals surface area (Å²) in [7, 11) is 0. The van der Waals surface area contributed by atoms with Gasteiger partial charge in [-0.15, -0.1) is 0 Å². The summed E-state index contributed by atoms with van der Waals surface area (Å²) in [5.74, 6) is 0.0940. The van der Waals surface area contributed by atoms with Crippen molar-refractivity contribution in [2.45, 2.75) is 13.5 Å². The molecule has 7 heteroatoms. The molecule has 0 fully saturated rings. The number of amides is 1. The number of nitrogens with zero attached hydrogens (tertiary/aromatic N) is 3. The zero-order valence-corrected chi connectivity index (χ0v) is 14.1. The third kappa shape index (κ3) is 4.47. The smallest absolute Gasteiger partial charge is 0.258 e. The molecule has 0 saturated carbocycles. The van der Waals surface area contributed by atoms with Crippen LogP contribution in [0.3, 0.4) is 0 Å². The Balaban J connectivity index is 1.58. The third-order valence-corrected chi connectivity index (χ3v) is 3.66. The van der Waals surface area contributed by atoms with E-state index in [1.165, 1.54) is 19.3 Å². The van der Waals surface area contributed by atoms with E-state index >= 15 is 0 Å². The van der Waals surface area contributed by atoms with Gasteiger partial charge in [-0.2, -0.15) is 0 Å². The molecule has 0 unspecified atom stereocenters. The predicted molar refractivity (Wildman–Crippen MR) is 98.0 cm³/mol. The van der Waals surface area contributed by atoms with Gasteiger partial charge in [-0.1, -0.05) is 0 Å². The van der Waals surface area contributed by atoms with Crippen molar-refractivity contribution in [2.24, 2.45) is 0 Å². The SMILES string of the molecule is CC(=O)c1ccc(NC(=O)c2cnc(NCc3ccncc3)nc2)cc1. The summed E-state index contributed by atoms with van der Waals surface area (Å²) >= 11 is 0. The molecule has 1 amide bonds. The molecule has 0 aliphatic carbocycles. The first kappa shape index (κ1) is 17.2. The zero-order valence-electron chi connectivity index (χ0n) is 14.1. The maximum absolute atomic E-state index is 12.2. The first-order valence-electron chi connectivity index (χ1n) is 7.99. The number of carbonyl (C=O) groups excluding carboxylic acids is 2. The molecule has 2 heterocycles. The third-order valence-electron chi connectivity index (χ3n) is 3.66. The Morgan fingerprint density at radius 1 is 0.923 bits per heavy atom. The number of benzene rings is 1. The van der Waals surface area contributed by atoms with Crippen LogP contribution in [0.5, 0.6) is 0 Å². The lowest BCUT2D eigenvalue weighted by molar-refractivity contribution is 0.101. The van der Waals surface area contributed by atoms with Gasteiger partial charge < -0.3 is 10.6 Å². The molecule has 0 aliphatic heterocycles. The number of nitrogens with one attached hydrogen (secondary N) is 2. The summed E-state index contributed by atoms with van der Waals surface area (Å²) in [5.41, 5.74) is 2.59. The largest absolute Gasteiger partial charge is 0.350 e. The van der Waals surface area contributed by atoms with Gasteiger partial charge in [0.2, 0.25) is 5.95 Å². The molecule has 0 spiro atoms. The summed E-state index contributed by atoms with van der Waals surface area (Å²) in [6.45, 7) is 2.06. The average molecular weight is 347 g/mol. The number of rotatable bonds is 6. The van der Waals surface area contributed by atoms with Gasteiger partial charge in [-0.3, -0.25) is 14.6 Å². The molecule has 0 atom stereocenters. The Kier molecular flexibility index (Phi) is 5.28. The van der Waals surface area contributed by atoms with Crippen LogP contribution in [-0.2, 0) is 6.54 Å². The fourth-order valence-electron chi connectivity index (χ4n) is 2.21. The molecular weight excluding hydrogens is 330 g/mol. The number of ketones is 1. The van der Waals surface area contributed by atoms with E-state index in [4.69, 9.17) is 0 Å². The monoisotopic (exact) mass is 347 g/mol. The minimum absolute atomic E-state index is 0.0221. The van der Waals surface area contributed by atoms with Crippen LogP contribution in [0.2, 0.25) is 0 Å². The highest BCUT2D eigenvalue weighted by Crippen LogP contribution is 2.12. The van der Waals surface area contributed by atoms with Gasteiger partial charge in [0.15, 0.2) is 5.78 Å². The molecule has 7 nitrogen and oxygen atoms in total. The topological polar surface area (TPSA) is 96.9 Å². The Labute approximate surface area is 150 Å². The maximum Gasteiger partial charge on any atom is 0.258 e. The number of pyridine rings is 1. The summed E-state index contributed by atoms with van der Waals surface area (Å²) in [5, 5.41) is 5.82. The van der Waals surface area contributed by atoms with Crippen molar-refractivity contribution in [3.8, 4) is 0 Å². The Morgan fingerprint density at radius 2 is 1.58 bits per heavy atom. The highest BCUT2D eigenvalue weighted by Gasteiger charge is 2.08. The van der Waals surface area contributed by atoms with E-state index in [0.717, 1.165) is 5.56 Å². The molecule has 0 radical (unpaired) electrons. The lowest BCUT2D eigenvalue weighted by atomic mass is 10.1. The fraction of sp³-hybridized carbons (Fsp3) is 0.105. The van der Waals surface area contributed by atoms with Crippen LogP contribution in [0.25, 0.3) is 0 Å².